The molecule has 12 heavy (non-hydrogen) atoms. The summed E-state index contributed by atoms with van der Waals surface area (Å²) in [5.74, 6) is 0. The monoisotopic (exact) mass is 183 g/mol. The first-order valence-electron chi connectivity index (χ1n) is 3.43. The number of hydrogen-bond acceptors (Lipinski definition) is 5. The maximum Gasteiger partial charge on any atom is 0.118 e. The van der Waals surface area contributed by atoms with Crippen LogP contribution < -0.4 is 0 Å². The second kappa shape index (κ2) is 5.39. The molecular weight excluding hydrogens is 170 g/mol. The molecule has 0 unspecified atom stereocenters. The van der Waals surface area contributed by atoms with Gasteiger partial charge in [0, 0.05) is 0 Å². The van der Waals surface area contributed by atoms with Crippen molar-refractivity contribution in [2.75, 3.05) is 13.3 Å². The van der Waals surface area contributed by atoms with E-state index in [-0.39, 0.29) is 0 Å². The van der Waals surface area contributed by atoms with E-state index in [4.69, 9.17) is 25.5 Å². The molecule has 0 saturated carbocycles. The molecule has 0 fully saturated rings. The van der Waals surface area contributed by atoms with Gasteiger partial charge in [-0.3, -0.25) is 0 Å². The fraction of sp³-hybridized carbons (Fsp3) is 1.00. The molecule has 0 heterocycles. The van der Waals surface area contributed by atoms with Gasteiger partial charge in [0.2, 0.25) is 0 Å². The SMILES string of the molecule is OC[C@@H](O)[C@@H](O)[C@H](O)[C@H](O)C[18F]. The average molecular weight is 183 g/mol. The van der Waals surface area contributed by atoms with E-state index < -0.39 is 37.7 Å². The number of aliphatic hydroxyl groups excluding tert-OH is 5. The van der Waals surface area contributed by atoms with Crippen LogP contribution in [0.15, 0.2) is 0 Å². The molecule has 0 aromatic carbocycles. The summed E-state index contributed by atoms with van der Waals surface area (Å²) in [6.45, 7) is -1.99. The van der Waals surface area contributed by atoms with Gasteiger partial charge in [-0.2, -0.15) is 0 Å². The summed E-state index contributed by atoms with van der Waals surface area (Å²) < 4.78 is 11.7. The van der Waals surface area contributed by atoms with E-state index in [9.17, 15) is 4.39 Å². The van der Waals surface area contributed by atoms with Gasteiger partial charge in [0.25, 0.3) is 0 Å². The van der Waals surface area contributed by atoms with Gasteiger partial charge >= 0.3 is 0 Å². The Bertz CT molecular complexity index is 109. The van der Waals surface area contributed by atoms with Gasteiger partial charge in [-0.25, -0.2) is 4.39 Å². The molecule has 0 radical (unpaired) electrons. The number of aliphatic hydroxyl groups is 5. The van der Waals surface area contributed by atoms with Gasteiger partial charge in [0.05, 0.1) is 6.61 Å². The summed E-state index contributed by atoms with van der Waals surface area (Å²) in [5, 5.41) is 43.5. The Kier molecular flexibility index (Phi) is 5.27. The number of halogens is 1. The van der Waals surface area contributed by atoms with Gasteiger partial charge < -0.3 is 25.5 Å². The molecule has 4 atom stereocenters. The minimum absolute atomic E-state index is 0.767. The highest BCUT2D eigenvalue weighted by Crippen LogP contribution is 2.04. The highest BCUT2D eigenvalue weighted by atomic mass is 18.2. The van der Waals surface area contributed by atoms with Gasteiger partial charge in [-0.05, 0) is 0 Å². The van der Waals surface area contributed by atoms with Gasteiger partial charge in [-0.1, -0.05) is 0 Å². The van der Waals surface area contributed by atoms with Gasteiger partial charge in [0.15, 0.2) is 0 Å². The van der Waals surface area contributed by atoms with E-state index >= 15 is 0 Å². The minimum atomic E-state index is -1.79. The topological polar surface area (TPSA) is 101 Å². The smallest absolute Gasteiger partial charge is 0.118 e. The largest absolute Gasteiger partial charge is 0.394 e. The molecule has 6 heteroatoms. The lowest BCUT2D eigenvalue weighted by atomic mass is 10.0. The zero-order valence-corrected chi connectivity index (χ0v) is 6.34. The summed E-state index contributed by atoms with van der Waals surface area (Å²) in [7, 11) is 0. The van der Waals surface area contributed by atoms with Gasteiger partial charge in [-0.15, -0.1) is 0 Å². The lowest BCUT2D eigenvalue weighted by Gasteiger charge is -2.23. The van der Waals surface area contributed by atoms with Crippen LogP contribution in [-0.4, -0.2) is 63.2 Å². The van der Waals surface area contributed by atoms with Crippen LogP contribution in [0.3, 0.4) is 0 Å². The van der Waals surface area contributed by atoms with Crippen LogP contribution in [0.4, 0.5) is 4.39 Å². The summed E-state index contributed by atoms with van der Waals surface area (Å²) in [6.07, 6.45) is -6.87. The normalized spacial score (nSPS) is 21.5. The Morgan fingerprint density at radius 1 is 0.917 bits per heavy atom. The fourth-order valence-electron chi connectivity index (χ4n) is 0.654. The van der Waals surface area contributed by atoms with Crippen molar-refractivity contribution in [1.29, 1.82) is 0 Å². The van der Waals surface area contributed by atoms with E-state index in [1.165, 1.54) is 0 Å². The van der Waals surface area contributed by atoms with Crippen molar-refractivity contribution < 1.29 is 29.9 Å². The third-order valence-corrected chi connectivity index (χ3v) is 1.48. The quantitative estimate of drug-likeness (QED) is 0.321. The predicted molar refractivity (Wildman–Crippen MR) is 37.1 cm³/mol. The van der Waals surface area contributed by atoms with E-state index in [1.54, 1.807) is 0 Å². The third kappa shape index (κ3) is 3.00. The highest BCUT2D eigenvalue weighted by molar-refractivity contribution is 4.79. The van der Waals surface area contributed by atoms with E-state index in [1.807, 2.05) is 0 Å². The highest BCUT2D eigenvalue weighted by Gasteiger charge is 2.29. The molecule has 0 saturated heterocycles. The first-order valence-corrected chi connectivity index (χ1v) is 3.43. The molecule has 5 nitrogen and oxygen atoms in total. The molecule has 0 bridgehead atoms. The standard InChI is InChI=1S/C6H13FO5/c7-1-3(9)5(11)6(12)4(10)2-8/h3-6,8-12H,1-2H2/t3-,4-,5-,6-/m1/s1/i7-1. The van der Waals surface area contributed by atoms with Crippen LogP contribution in [0, 0.1) is 0 Å². The Balaban J connectivity index is 3.99. The van der Waals surface area contributed by atoms with Crippen molar-refractivity contribution in [3.63, 3.8) is 0 Å². The second-order valence-electron chi connectivity index (χ2n) is 2.45. The third-order valence-electron chi connectivity index (χ3n) is 1.48. The lowest BCUT2D eigenvalue weighted by molar-refractivity contribution is -0.118. The zero-order chi connectivity index (χ0) is 9.72. The summed E-state index contributed by atoms with van der Waals surface area (Å²) >= 11 is 0. The zero-order valence-electron chi connectivity index (χ0n) is 6.34. The second-order valence-corrected chi connectivity index (χ2v) is 2.45. The van der Waals surface area contributed by atoms with Crippen molar-refractivity contribution in [3.05, 3.63) is 0 Å². The first kappa shape index (κ1) is 11.7. The Morgan fingerprint density at radius 2 is 1.33 bits per heavy atom. The molecule has 5 N–H and O–H groups in total. The van der Waals surface area contributed by atoms with Crippen molar-refractivity contribution in [3.8, 4) is 0 Å². The maximum atomic E-state index is 11.7. The van der Waals surface area contributed by atoms with Gasteiger partial charge in [0.1, 0.15) is 31.1 Å². The maximum absolute atomic E-state index is 11.7. The fourth-order valence-corrected chi connectivity index (χ4v) is 0.654. The van der Waals surface area contributed by atoms with Crippen LogP contribution in [0.1, 0.15) is 0 Å². The van der Waals surface area contributed by atoms with Crippen molar-refractivity contribution in [1.82, 2.24) is 0 Å². The summed E-state index contributed by atoms with van der Waals surface area (Å²) in [4.78, 5) is 0. The van der Waals surface area contributed by atoms with E-state index in [2.05, 4.69) is 0 Å². The molecule has 0 aliphatic heterocycles. The van der Waals surface area contributed by atoms with Crippen molar-refractivity contribution >= 4 is 0 Å². The molecular formula is C6H13FO5. The van der Waals surface area contributed by atoms with Crippen LogP contribution in [0.25, 0.3) is 0 Å². The average Bonchev–Trinajstić information content (AvgIpc) is 2.12. The minimum Gasteiger partial charge on any atom is -0.394 e. The molecule has 0 aromatic rings. The van der Waals surface area contributed by atoms with E-state index in [0.717, 1.165) is 0 Å². The van der Waals surface area contributed by atoms with Crippen LogP contribution in [0.2, 0.25) is 0 Å². The first-order chi connectivity index (χ1) is 5.54. The molecule has 0 amide bonds. The Labute approximate surface area is 68.7 Å². The molecule has 0 aliphatic rings. The molecule has 0 spiro atoms. The van der Waals surface area contributed by atoms with E-state index in [0.29, 0.717) is 0 Å². The van der Waals surface area contributed by atoms with Crippen LogP contribution in [0.5, 0.6) is 0 Å². The van der Waals surface area contributed by atoms with Crippen molar-refractivity contribution in [2.24, 2.45) is 0 Å². The molecule has 74 valence electrons. The lowest BCUT2D eigenvalue weighted by Crippen LogP contribution is -2.46. The number of rotatable bonds is 5. The molecule has 0 rings (SSSR count). The summed E-state index contributed by atoms with van der Waals surface area (Å²) in [5.41, 5.74) is 0. The number of alkyl halides is 1. The summed E-state index contributed by atoms with van der Waals surface area (Å²) in [6, 6.07) is 0. The Morgan fingerprint density at radius 3 is 1.67 bits per heavy atom. The van der Waals surface area contributed by atoms with Crippen LogP contribution in [-0.2, 0) is 0 Å². The molecule has 0 aromatic heterocycles. The number of hydrogen-bond donors (Lipinski definition) is 5. The molecule has 0 aliphatic carbocycles. The Hall–Kier alpha value is -0.270. The predicted octanol–water partition coefficient (Wildman–Crippen LogP) is -2.61. The van der Waals surface area contributed by atoms with Crippen molar-refractivity contribution in [2.45, 2.75) is 24.4 Å². The van der Waals surface area contributed by atoms with Crippen LogP contribution >= 0.6 is 0 Å².